The van der Waals surface area contributed by atoms with E-state index in [1.165, 1.54) is 5.56 Å². The molecule has 0 radical (unpaired) electrons. The van der Waals surface area contributed by atoms with Crippen LogP contribution in [0.5, 0.6) is 11.5 Å². The van der Waals surface area contributed by atoms with Crippen molar-refractivity contribution in [3.63, 3.8) is 0 Å². The zero-order valence-electron chi connectivity index (χ0n) is 11.5. The molecule has 4 nitrogen and oxygen atoms in total. The van der Waals surface area contributed by atoms with Gasteiger partial charge in [0.05, 0.1) is 14.2 Å². The lowest BCUT2D eigenvalue weighted by atomic mass is 9.88. The van der Waals surface area contributed by atoms with Crippen LogP contribution in [0.4, 0.5) is 0 Å². The molecule has 0 saturated heterocycles. The van der Waals surface area contributed by atoms with Gasteiger partial charge in [-0.3, -0.25) is 0 Å². The molecule has 0 aliphatic carbocycles. The summed E-state index contributed by atoms with van der Waals surface area (Å²) in [6.45, 7) is 3.44. The highest BCUT2D eigenvalue weighted by atomic mass is 16.5. The second-order valence-corrected chi connectivity index (χ2v) is 4.60. The summed E-state index contributed by atoms with van der Waals surface area (Å²) >= 11 is 0. The van der Waals surface area contributed by atoms with E-state index in [1.54, 1.807) is 14.2 Å². The Balaban J connectivity index is 2.78. The average molecular weight is 252 g/mol. The van der Waals surface area contributed by atoms with Crippen molar-refractivity contribution in [3.05, 3.63) is 23.8 Å². The van der Waals surface area contributed by atoms with Crippen molar-refractivity contribution in [1.29, 1.82) is 0 Å². The Morgan fingerprint density at radius 1 is 1.06 bits per heavy atom. The third kappa shape index (κ3) is 3.62. The number of rotatable bonds is 7. The molecule has 102 valence electrons. The van der Waals surface area contributed by atoms with Crippen LogP contribution in [-0.4, -0.2) is 27.3 Å². The van der Waals surface area contributed by atoms with E-state index in [2.05, 4.69) is 13.0 Å². The van der Waals surface area contributed by atoms with Crippen LogP contribution in [-0.2, 0) is 6.42 Å². The van der Waals surface area contributed by atoms with Crippen molar-refractivity contribution < 1.29 is 9.47 Å². The standard InChI is InChI=1S/C14H24N2O2/c1-10(12(8-15)9-16)6-11-4-5-13(17-2)14(7-11)18-3/h4-5,7,10,12H,6,8-9,15-16H2,1-3H3. The Hall–Kier alpha value is -1.26. The van der Waals surface area contributed by atoms with E-state index in [-0.39, 0.29) is 0 Å². The molecule has 4 N–H and O–H groups in total. The molecule has 0 aromatic heterocycles. The maximum Gasteiger partial charge on any atom is 0.160 e. The summed E-state index contributed by atoms with van der Waals surface area (Å²) in [7, 11) is 3.28. The van der Waals surface area contributed by atoms with E-state index in [0.717, 1.165) is 17.9 Å². The van der Waals surface area contributed by atoms with Crippen LogP contribution in [0.3, 0.4) is 0 Å². The summed E-state index contributed by atoms with van der Waals surface area (Å²) in [5.41, 5.74) is 12.6. The van der Waals surface area contributed by atoms with E-state index in [4.69, 9.17) is 20.9 Å². The van der Waals surface area contributed by atoms with Crippen molar-refractivity contribution >= 4 is 0 Å². The number of nitrogens with two attached hydrogens (primary N) is 2. The van der Waals surface area contributed by atoms with Crippen molar-refractivity contribution in [2.24, 2.45) is 23.3 Å². The zero-order chi connectivity index (χ0) is 13.5. The van der Waals surface area contributed by atoms with Gasteiger partial charge in [-0.05, 0) is 49.0 Å². The largest absolute Gasteiger partial charge is 0.493 e. The Labute approximate surface area is 109 Å². The highest BCUT2D eigenvalue weighted by Crippen LogP contribution is 2.29. The molecule has 1 aromatic carbocycles. The number of ether oxygens (including phenoxy) is 2. The van der Waals surface area contributed by atoms with E-state index >= 15 is 0 Å². The highest BCUT2D eigenvalue weighted by molar-refractivity contribution is 5.42. The lowest BCUT2D eigenvalue weighted by Gasteiger charge is -2.21. The summed E-state index contributed by atoms with van der Waals surface area (Å²) < 4.78 is 10.5. The van der Waals surface area contributed by atoms with Crippen molar-refractivity contribution in [3.8, 4) is 11.5 Å². The second-order valence-electron chi connectivity index (χ2n) is 4.60. The van der Waals surface area contributed by atoms with E-state index in [1.807, 2.05) is 12.1 Å². The number of methoxy groups -OCH3 is 2. The molecule has 0 amide bonds. The molecule has 0 bridgehead atoms. The molecule has 0 heterocycles. The lowest BCUT2D eigenvalue weighted by molar-refractivity contribution is 0.351. The van der Waals surface area contributed by atoms with Crippen LogP contribution in [0.15, 0.2) is 18.2 Å². The molecule has 0 fully saturated rings. The zero-order valence-corrected chi connectivity index (χ0v) is 11.5. The predicted octanol–water partition coefficient (Wildman–Crippen LogP) is 1.42. The van der Waals surface area contributed by atoms with Gasteiger partial charge < -0.3 is 20.9 Å². The summed E-state index contributed by atoms with van der Waals surface area (Å²) in [5, 5.41) is 0. The van der Waals surface area contributed by atoms with E-state index in [9.17, 15) is 0 Å². The average Bonchev–Trinajstić information content (AvgIpc) is 2.40. The normalized spacial score (nSPS) is 12.6. The van der Waals surface area contributed by atoms with Gasteiger partial charge in [-0.25, -0.2) is 0 Å². The van der Waals surface area contributed by atoms with E-state index < -0.39 is 0 Å². The third-order valence-corrected chi connectivity index (χ3v) is 3.42. The summed E-state index contributed by atoms with van der Waals surface area (Å²) in [5.74, 6) is 2.33. The Morgan fingerprint density at radius 2 is 1.67 bits per heavy atom. The first-order valence-corrected chi connectivity index (χ1v) is 6.27. The van der Waals surface area contributed by atoms with Crippen LogP contribution in [0.25, 0.3) is 0 Å². The van der Waals surface area contributed by atoms with Crippen LogP contribution >= 0.6 is 0 Å². The van der Waals surface area contributed by atoms with Gasteiger partial charge in [0.15, 0.2) is 11.5 Å². The van der Waals surface area contributed by atoms with Gasteiger partial charge >= 0.3 is 0 Å². The van der Waals surface area contributed by atoms with Crippen molar-refractivity contribution in [2.45, 2.75) is 13.3 Å². The number of benzene rings is 1. The first-order valence-electron chi connectivity index (χ1n) is 6.27. The maximum atomic E-state index is 5.71. The van der Waals surface area contributed by atoms with Gasteiger partial charge in [-0.1, -0.05) is 13.0 Å². The van der Waals surface area contributed by atoms with Gasteiger partial charge in [0, 0.05) is 0 Å². The van der Waals surface area contributed by atoms with Crippen LogP contribution in [0.2, 0.25) is 0 Å². The fourth-order valence-corrected chi connectivity index (χ4v) is 2.11. The Bertz CT molecular complexity index is 365. The molecule has 0 aliphatic heterocycles. The van der Waals surface area contributed by atoms with Crippen LogP contribution in [0, 0.1) is 11.8 Å². The first-order chi connectivity index (χ1) is 8.65. The second kappa shape index (κ2) is 7.24. The first kappa shape index (κ1) is 14.8. The van der Waals surface area contributed by atoms with Gasteiger partial charge in [0.2, 0.25) is 0 Å². The molecule has 4 heteroatoms. The minimum absolute atomic E-state index is 0.359. The maximum absolute atomic E-state index is 5.71. The molecule has 18 heavy (non-hydrogen) atoms. The van der Waals surface area contributed by atoms with Gasteiger partial charge in [0.25, 0.3) is 0 Å². The summed E-state index contributed by atoms with van der Waals surface area (Å²) in [4.78, 5) is 0. The molecule has 1 unspecified atom stereocenters. The lowest BCUT2D eigenvalue weighted by Crippen LogP contribution is -2.30. The van der Waals surface area contributed by atoms with Crippen LogP contribution in [0.1, 0.15) is 12.5 Å². The topological polar surface area (TPSA) is 70.5 Å². The molecule has 0 spiro atoms. The Morgan fingerprint density at radius 3 is 2.17 bits per heavy atom. The minimum Gasteiger partial charge on any atom is -0.493 e. The third-order valence-electron chi connectivity index (χ3n) is 3.42. The van der Waals surface area contributed by atoms with Gasteiger partial charge in [0.1, 0.15) is 0 Å². The SMILES string of the molecule is COc1ccc(CC(C)C(CN)CN)cc1OC. The molecule has 1 atom stereocenters. The van der Waals surface area contributed by atoms with Crippen molar-refractivity contribution in [1.82, 2.24) is 0 Å². The summed E-state index contributed by atoms with van der Waals surface area (Å²) in [6.07, 6.45) is 0.944. The van der Waals surface area contributed by atoms with Gasteiger partial charge in [-0.15, -0.1) is 0 Å². The number of hydrogen-bond acceptors (Lipinski definition) is 4. The highest BCUT2D eigenvalue weighted by Gasteiger charge is 2.15. The van der Waals surface area contributed by atoms with Gasteiger partial charge in [-0.2, -0.15) is 0 Å². The smallest absolute Gasteiger partial charge is 0.160 e. The van der Waals surface area contributed by atoms with E-state index in [0.29, 0.717) is 24.9 Å². The molecule has 0 aliphatic rings. The fourth-order valence-electron chi connectivity index (χ4n) is 2.11. The monoisotopic (exact) mass is 252 g/mol. The fraction of sp³-hybridized carbons (Fsp3) is 0.571. The molecular weight excluding hydrogens is 228 g/mol. The molecule has 1 rings (SSSR count). The van der Waals surface area contributed by atoms with Crippen molar-refractivity contribution in [2.75, 3.05) is 27.3 Å². The molecule has 1 aromatic rings. The quantitative estimate of drug-likeness (QED) is 0.770. The summed E-state index contributed by atoms with van der Waals surface area (Å²) in [6, 6.07) is 6.00. The number of hydrogen-bond donors (Lipinski definition) is 2. The predicted molar refractivity (Wildman–Crippen MR) is 74.0 cm³/mol. The minimum atomic E-state index is 0.359. The van der Waals surface area contributed by atoms with Crippen LogP contribution < -0.4 is 20.9 Å². The Kier molecular flexibility index (Phi) is 5.95. The molecule has 0 saturated carbocycles. The molecular formula is C14H24N2O2.